The molecule has 2 atom stereocenters. The lowest BCUT2D eigenvalue weighted by atomic mass is 9.95. The Morgan fingerprint density at radius 3 is 2.28 bits per heavy atom. The number of carbonyl (C=O) groups excluding carboxylic acids is 3. The molecule has 0 bridgehead atoms. The molecule has 2 aliphatic heterocycles. The second-order valence-electron chi connectivity index (χ2n) is 8.64. The van der Waals surface area contributed by atoms with Crippen LogP contribution in [-0.4, -0.2) is 40.7 Å². The van der Waals surface area contributed by atoms with E-state index in [9.17, 15) is 18.8 Å². The van der Waals surface area contributed by atoms with E-state index in [2.05, 4.69) is 10.6 Å². The van der Waals surface area contributed by atoms with Gasteiger partial charge in [0.2, 0.25) is 0 Å². The third-order valence-electron chi connectivity index (χ3n) is 6.49. The highest BCUT2D eigenvalue weighted by Crippen LogP contribution is 2.39. The van der Waals surface area contributed by atoms with Crippen molar-refractivity contribution in [2.45, 2.75) is 19.0 Å². The van der Waals surface area contributed by atoms with Crippen molar-refractivity contribution in [2.24, 2.45) is 0 Å². The van der Waals surface area contributed by atoms with Gasteiger partial charge >= 0.3 is 6.03 Å². The monoisotopic (exact) mass is 484 g/mol. The molecule has 7 nitrogen and oxygen atoms in total. The van der Waals surface area contributed by atoms with Crippen molar-refractivity contribution in [2.75, 3.05) is 18.4 Å². The first kappa shape index (κ1) is 23.3. The summed E-state index contributed by atoms with van der Waals surface area (Å²) in [5, 5.41) is 5.76. The molecule has 0 aromatic heterocycles. The molecule has 182 valence electrons. The zero-order valence-corrected chi connectivity index (χ0v) is 19.6. The molecule has 0 aliphatic carbocycles. The van der Waals surface area contributed by atoms with Gasteiger partial charge in [-0.2, -0.15) is 0 Å². The van der Waals surface area contributed by atoms with Gasteiger partial charge in [0.05, 0.1) is 23.9 Å². The Morgan fingerprint density at radius 1 is 1.00 bits per heavy atom. The van der Waals surface area contributed by atoms with Gasteiger partial charge in [-0.3, -0.25) is 14.5 Å². The number of hydrogen-bond acceptors (Lipinski definition) is 3. The molecule has 4 amide bonds. The number of nitrogens with zero attached hydrogens (tertiary/aromatic N) is 2. The molecule has 2 heterocycles. The summed E-state index contributed by atoms with van der Waals surface area (Å²) in [6.45, 7) is 2.33. The van der Waals surface area contributed by atoms with Gasteiger partial charge in [-0.1, -0.05) is 60.7 Å². The van der Waals surface area contributed by atoms with E-state index in [4.69, 9.17) is 0 Å². The Hall–Kier alpha value is -4.46. The van der Waals surface area contributed by atoms with Crippen LogP contribution in [0.3, 0.4) is 0 Å². The van der Waals surface area contributed by atoms with Gasteiger partial charge in [-0.15, -0.1) is 0 Å². The molecule has 0 unspecified atom stereocenters. The van der Waals surface area contributed by atoms with Crippen LogP contribution in [0.4, 0.5) is 14.9 Å². The average Bonchev–Trinajstić information content (AvgIpc) is 3.22. The zero-order valence-electron chi connectivity index (χ0n) is 19.6. The maximum absolute atomic E-state index is 14.0. The molecule has 0 spiro atoms. The fraction of sp³-hybridized carbons (Fsp3) is 0.179. The largest absolute Gasteiger partial charge is 0.326 e. The van der Waals surface area contributed by atoms with Crippen LogP contribution in [0.2, 0.25) is 0 Å². The van der Waals surface area contributed by atoms with E-state index in [1.807, 2.05) is 43.3 Å². The molecule has 0 radical (unpaired) electrons. The van der Waals surface area contributed by atoms with Crippen molar-refractivity contribution < 1.29 is 18.8 Å². The Balaban J connectivity index is 1.53. The average molecular weight is 485 g/mol. The Morgan fingerprint density at radius 2 is 1.64 bits per heavy atom. The number of amides is 4. The van der Waals surface area contributed by atoms with E-state index in [-0.39, 0.29) is 18.5 Å². The second-order valence-corrected chi connectivity index (χ2v) is 8.64. The topological polar surface area (TPSA) is 81.8 Å². The lowest BCUT2D eigenvalue weighted by molar-refractivity contribution is -0.134. The van der Waals surface area contributed by atoms with E-state index < -0.39 is 23.8 Å². The molecule has 3 aromatic carbocycles. The van der Waals surface area contributed by atoms with E-state index >= 15 is 0 Å². The quantitative estimate of drug-likeness (QED) is 0.545. The summed E-state index contributed by atoms with van der Waals surface area (Å²) in [6.07, 6.45) is 0. The highest BCUT2D eigenvalue weighted by Gasteiger charge is 2.47. The van der Waals surface area contributed by atoms with Crippen LogP contribution in [0, 0.1) is 5.82 Å². The fourth-order valence-electron chi connectivity index (χ4n) is 4.80. The standard InChI is InChI=1S/C28H25FN4O3/c1-2-32-22-17-33(27(35)23(22)24(31-28(32)36)18-9-5-3-6-10-18)25(19-11-7-4-8-12-19)26(34)30-21-15-13-20(29)14-16-21/h3-16,24-25H,2,17H2,1H3,(H,30,34)(H,31,36)/t24-,25+/m1/s1. The second kappa shape index (κ2) is 9.65. The molecule has 3 aromatic rings. The maximum Gasteiger partial charge on any atom is 0.322 e. The lowest BCUT2D eigenvalue weighted by Gasteiger charge is -2.32. The Bertz CT molecular complexity index is 1330. The number of halogens is 1. The third-order valence-corrected chi connectivity index (χ3v) is 6.49. The first-order chi connectivity index (χ1) is 17.5. The van der Waals surface area contributed by atoms with Crippen LogP contribution >= 0.6 is 0 Å². The summed E-state index contributed by atoms with van der Waals surface area (Å²) in [7, 11) is 0. The smallest absolute Gasteiger partial charge is 0.322 e. The zero-order chi connectivity index (χ0) is 25.2. The van der Waals surface area contributed by atoms with Crippen molar-refractivity contribution in [3.63, 3.8) is 0 Å². The highest BCUT2D eigenvalue weighted by molar-refractivity contribution is 6.05. The minimum absolute atomic E-state index is 0.106. The van der Waals surface area contributed by atoms with Crippen molar-refractivity contribution in [1.82, 2.24) is 15.1 Å². The van der Waals surface area contributed by atoms with Gasteiger partial charge in [0.25, 0.3) is 11.8 Å². The molecule has 2 aliphatic rings. The van der Waals surface area contributed by atoms with Crippen molar-refractivity contribution in [1.29, 1.82) is 0 Å². The summed E-state index contributed by atoms with van der Waals surface area (Å²) in [5.74, 6) is -1.16. The fourth-order valence-corrected chi connectivity index (χ4v) is 4.80. The highest BCUT2D eigenvalue weighted by atomic mass is 19.1. The summed E-state index contributed by atoms with van der Waals surface area (Å²) >= 11 is 0. The van der Waals surface area contributed by atoms with Gasteiger partial charge < -0.3 is 15.5 Å². The number of anilines is 1. The molecule has 36 heavy (non-hydrogen) atoms. The molecule has 2 N–H and O–H groups in total. The van der Waals surface area contributed by atoms with Crippen molar-refractivity contribution in [3.8, 4) is 0 Å². The number of hydrogen-bond donors (Lipinski definition) is 2. The first-order valence-corrected chi connectivity index (χ1v) is 11.8. The SMILES string of the molecule is CCN1C(=O)N[C@H](c2ccccc2)C2=C1CN([C@H](C(=O)Nc1ccc(F)cc1)c1ccccc1)C2=O. The van der Waals surface area contributed by atoms with Crippen molar-refractivity contribution >= 4 is 23.5 Å². The van der Waals surface area contributed by atoms with Crippen LogP contribution in [0.25, 0.3) is 0 Å². The molecular formula is C28H25FN4O3. The Kier molecular flexibility index (Phi) is 6.25. The van der Waals surface area contributed by atoms with E-state index in [1.165, 1.54) is 29.2 Å². The normalized spacial score (nSPS) is 18.1. The van der Waals surface area contributed by atoms with Crippen molar-refractivity contribution in [3.05, 3.63) is 113 Å². The third kappa shape index (κ3) is 4.22. The van der Waals surface area contributed by atoms with Gasteiger partial charge in [-0.05, 0) is 42.3 Å². The predicted octanol–water partition coefficient (Wildman–Crippen LogP) is 4.39. The maximum atomic E-state index is 14.0. The minimum atomic E-state index is -0.959. The number of carbonyl (C=O) groups is 3. The van der Waals surface area contributed by atoms with Crippen LogP contribution in [-0.2, 0) is 9.59 Å². The number of benzene rings is 3. The number of nitrogens with one attached hydrogen (secondary N) is 2. The summed E-state index contributed by atoms with van der Waals surface area (Å²) in [6, 6.07) is 21.9. The van der Waals surface area contributed by atoms with Crippen LogP contribution in [0.5, 0.6) is 0 Å². The molecule has 0 saturated carbocycles. The molecule has 0 fully saturated rings. The first-order valence-electron chi connectivity index (χ1n) is 11.8. The summed E-state index contributed by atoms with van der Waals surface area (Å²) in [5.41, 5.74) is 2.88. The van der Waals surface area contributed by atoms with Gasteiger partial charge in [-0.25, -0.2) is 9.18 Å². The van der Waals surface area contributed by atoms with Crippen LogP contribution in [0.15, 0.2) is 96.2 Å². The number of likely N-dealkylation sites (N-methyl/N-ethyl adjacent to an activating group) is 1. The molecular weight excluding hydrogens is 459 g/mol. The van der Waals surface area contributed by atoms with E-state index in [0.29, 0.717) is 29.1 Å². The summed E-state index contributed by atoms with van der Waals surface area (Å²) in [4.78, 5) is 43.6. The number of urea groups is 1. The van der Waals surface area contributed by atoms with E-state index in [1.54, 1.807) is 29.2 Å². The predicted molar refractivity (Wildman–Crippen MR) is 133 cm³/mol. The summed E-state index contributed by atoms with van der Waals surface area (Å²) < 4.78 is 13.4. The van der Waals surface area contributed by atoms with Gasteiger partial charge in [0.1, 0.15) is 11.9 Å². The van der Waals surface area contributed by atoms with Gasteiger partial charge in [0.15, 0.2) is 0 Å². The van der Waals surface area contributed by atoms with Crippen LogP contribution in [0.1, 0.15) is 30.1 Å². The molecule has 5 rings (SSSR count). The lowest BCUT2D eigenvalue weighted by Crippen LogP contribution is -2.47. The molecule has 8 heteroatoms. The minimum Gasteiger partial charge on any atom is -0.326 e. The van der Waals surface area contributed by atoms with Gasteiger partial charge in [0, 0.05) is 12.2 Å². The van der Waals surface area contributed by atoms with Crippen LogP contribution < -0.4 is 10.6 Å². The molecule has 0 saturated heterocycles. The van der Waals surface area contributed by atoms with E-state index in [0.717, 1.165) is 5.56 Å². The Labute approximate surface area is 208 Å². The number of rotatable bonds is 6.